The van der Waals surface area contributed by atoms with Crippen LogP contribution in [0.15, 0.2) is 24.3 Å². The predicted molar refractivity (Wildman–Crippen MR) is 96.5 cm³/mol. The molecule has 0 radical (unpaired) electrons. The molecule has 0 unspecified atom stereocenters. The minimum absolute atomic E-state index is 0.183. The summed E-state index contributed by atoms with van der Waals surface area (Å²) in [7, 11) is -1.45. The Morgan fingerprint density at radius 3 is 2.58 bits per heavy atom. The number of aryl methyl sites for hydroxylation is 1. The van der Waals surface area contributed by atoms with Crippen LogP contribution in [0, 0.1) is 6.92 Å². The van der Waals surface area contributed by atoms with Crippen molar-refractivity contribution in [2.45, 2.75) is 13.3 Å². The first-order chi connectivity index (χ1) is 11.4. The minimum Gasteiger partial charge on any atom is -0.378 e. The van der Waals surface area contributed by atoms with Crippen molar-refractivity contribution in [3.63, 3.8) is 0 Å². The molecule has 1 saturated heterocycles. The van der Waals surface area contributed by atoms with Crippen LogP contribution < -0.4 is 14.9 Å². The predicted octanol–water partition coefficient (Wildman–Crippen LogP) is 2.29. The third kappa shape index (κ3) is 3.09. The molecular formula is C15H18N4O3S2. The lowest BCUT2D eigenvalue weighted by molar-refractivity contribution is 0.102. The van der Waals surface area contributed by atoms with E-state index >= 15 is 0 Å². The molecule has 1 aliphatic heterocycles. The lowest BCUT2D eigenvalue weighted by atomic mass is 10.2. The topological polar surface area (TPSA) is 91.4 Å². The first-order valence-electron chi connectivity index (χ1n) is 7.48. The minimum atomic E-state index is -3.20. The molecule has 2 aromatic rings. The Labute approximate surface area is 144 Å². The summed E-state index contributed by atoms with van der Waals surface area (Å²) in [5, 5.41) is 6.49. The van der Waals surface area contributed by atoms with Gasteiger partial charge in [0.1, 0.15) is 5.00 Å². The number of hydrogen-bond donors (Lipinski definition) is 2. The summed E-state index contributed by atoms with van der Waals surface area (Å²) < 4.78 is 29.4. The van der Waals surface area contributed by atoms with Crippen LogP contribution in [0.25, 0.3) is 0 Å². The maximum atomic E-state index is 12.4. The van der Waals surface area contributed by atoms with Crippen LogP contribution in [0.5, 0.6) is 0 Å². The zero-order valence-electron chi connectivity index (χ0n) is 13.4. The van der Waals surface area contributed by atoms with E-state index in [2.05, 4.69) is 15.0 Å². The lowest BCUT2D eigenvalue weighted by Crippen LogP contribution is -2.25. The van der Waals surface area contributed by atoms with E-state index in [9.17, 15) is 13.2 Å². The third-order valence-electron chi connectivity index (χ3n) is 3.83. The molecule has 0 bridgehead atoms. The highest BCUT2D eigenvalue weighted by Crippen LogP contribution is 2.27. The van der Waals surface area contributed by atoms with Gasteiger partial charge >= 0.3 is 0 Å². The summed E-state index contributed by atoms with van der Waals surface area (Å²) in [6, 6.07) is 6.82. The van der Waals surface area contributed by atoms with Crippen molar-refractivity contribution in [1.82, 2.24) is 4.37 Å². The molecule has 2 heterocycles. The second-order valence-electron chi connectivity index (χ2n) is 5.46. The second kappa shape index (κ2) is 6.40. The molecule has 0 aliphatic carbocycles. The van der Waals surface area contributed by atoms with Gasteiger partial charge in [-0.3, -0.25) is 9.10 Å². The Bertz CT molecular complexity index is 859. The molecule has 1 aliphatic rings. The van der Waals surface area contributed by atoms with Crippen molar-refractivity contribution in [2.24, 2.45) is 0 Å². The number of benzene rings is 1. The van der Waals surface area contributed by atoms with Crippen LogP contribution in [0.2, 0.25) is 0 Å². The van der Waals surface area contributed by atoms with Crippen molar-refractivity contribution in [2.75, 3.05) is 34.3 Å². The number of rotatable bonds is 4. The maximum Gasteiger partial charge on any atom is 0.260 e. The molecule has 9 heteroatoms. The lowest BCUT2D eigenvalue weighted by Gasteiger charge is -2.17. The standard InChI is InChI=1S/C15H18N4O3S2/c1-10-13(15(16-2)23-18-10)14(20)17-11-4-6-12(7-5-11)19-8-3-9-24(19,21)22/h4-7,16H,3,8-9H2,1-2H3,(H,17,20). The van der Waals surface area contributed by atoms with E-state index in [1.54, 1.807) is 38.2 Å². The fourth-order valence-corrected chi connectivity index (χ4v) is 4.95. The van der Waals surface area contributed by atoms with E-state index in [1.165, 1.54) is 15.8 Å². The first kappa shape index (κ1) is 16.7. The number of carbonyl (C=O) groups excluding carboxylic acids is 1. The summed E-state index contributed by atoms with van der Waals surface area (Å²) in [6.07, 6.45) is 0.637. The number of carbonyl (C=O) groups is 1. The van der Waals surface area contributed by atoms with Gasteiger partial charge in [-0.25, -0.2) is 8.42 Å². The van der Waals surface area contributed by atoms with Crippen molar-refractivity contribution in [3.8, 4) is 0 Å². The van der Waals surface area contributed by atoms with Gasteiger partial charge < -0.3 is 10.6 Å². The van der Waals surface area contributed by atoms with Crippen LogP contribution in [-0.2, 0) is 10.0 Å². The van der Waals surface area contributed by atoms with Gasteiger partial charge in [-0.05, 0) is 49.1 Å². The Balaban J connectivity index is 1.77. The molecular weight excluding hydrogens is 348 g/mol. The largest absolute Gasteiger partial charge is 0.378 e. The number of sulfonamides is 1. The maximum absolute atomic E-state index is 12.4. The zero-order chi connectivity index (χ0) is 17.3. The summed E-state index contributed by atoms with van der Waals surface area (Å²) in [4.78, 5) is 12.4. The Morgan fingerprint density at radius 2 is 2.00 bits per heavy atom. The highest BCUT2D eigenvalue weighted by Gasteiger charge is 2.28. The Morgan fingerprint density at radius 1 is 1.29 bits per heavy atom. The number of nitrogens with one attached hydrogen (secondary N) is 2. The van der Waals surface area contributed by atoms with Crippen molar-refractivity contribution in [1.29, 1.82) is 0 Å². The van der Waals surface area contributed by atoms with Gasteiger partial charge in [0.05, 0.1) is 22.7 Å². The van der Waals surface area contributed by atoms with Gasteiger partial charge in [0.25, 0.3) is 5.91 Å². The monoisotopic (exact) mass is 366 g/mol. The molecule has 1 fully saturated rings. The van der Waals surface area contributed by atoms with E-state index < -0.39 is 10.0 Å². The third-order valence-corrected chi connectivity index (χ3v) is 6.65. The molecule has 2 N–H and O–H groups in total. The average Bonchev–Trinajstić information content (AvgIpc) is 3.10. The van der Waals surface area contributed by atoms with Gasteiger partial charge in [-0.2, -0.15) is 4.37 Å². The molecule has 1 aromatic heterocycles. The molecule has 0 spiro atoms. The Kier molecular flexibility index (Phi) is 4.46. The fourth-order valence-electron chi connectivity index (χ4n) is 2.64. The van der Waals surface area contributed by atoms with Gasteiger partial charge in [-0.1, -0.05) is 0 Å². The van der Waals surface area contributed by atoms with E-state index in [0.717, 1.165) is 0 Å². The summed E-state index contributed by atoms with van der Waals surface area (Å²) >= 11 is 1.24. The smallest absolute Gasteiger partial charge is 0.260 e. The average molecular weight is 366 g/mol. The fraction of sp³-hybridized carbons (Fsp3) is 0.333. The number of hydrogen-bond acceptors (Lipinski definition) is 6. The number of nitrogens with zero attached hydrogens (tertiary/aromatic N) is 2. The van der Waals surface area contributed by atoms with Crippen molar-refractivity contribution < 1.29 is 13.2 Å². The summed E-state index contributed by atoms with van der Waals surface area (Å²) in [5.74, 6) is -0.0601. The van der Waals surface area contributed by atoms with Crippen molar-refractivity contribution >= 4 is 43.8 Å². The van der Waals surface area contributed by atoms with E-state index in [0.29, 0.717) is 40.6 Å². The normalized spacial score (nSPS) is 16.2. The zero-order valence-corrected chi connectivity index (χ0v) is 15.0. The molecule has 24 heavy (non-hydrogen) atoms. The van der Waals surface area contributed by atoms with Crippen LogP contribution >= 0.6 is 11.5 Å². The number of amides is 1. The summed E-state index contributed by atoms with van der Waals surface area (Å²) in [5.41, 5.74) is 2.41. The summed E-state index contributed by atoms with van der Waals surface area (Å²) in [6.45, 7) is 2.28. The van der Waals surface area contributed by atoms with E-state index in [-0.39, 0.29) is 11.7 Å². The van der Waals surface area contributed by atoms with Crippen molar-refractivity contribution in [3.05, 3.63) is 35.5 Å². The Hall–Kier alpha value is -2.13. The molecule has 1 aromatic carbocycles. The van der Waals surface area contributed by atoms with Crippen LogP contribution in [0.1, 0.15) is 22.5 Å². The number of aromatic nitrogens is 1. The van der Waals surface area contributed by atoms with E-state index in [1.807, 2.05) is 0 Å². The second-order valence-corrected chi connectivity index (χ2v) is 8.25. The molecule has 128 valence electrons. The van der Waals surface area contributed by atoms with Crippen LogP contribution in [-0.4, -0.2) is 38.0 Å². The highest BCUT2D eigenvalue weighted by molar-refractivity contribution is 7.93. The van der Waals surface area contributed by atoms with E-state index in [4.69, 9.17) is 0 Å². The van der Waals surface area contributed by atoms with Gasteiger partial charge in [0.2, 0.25) is 10.0 Å². The SMILES string of the molecule is CNc1snc(C)c1C(=O)Nc1ccc(N2CCCS2(=O)=O)cc1. The highest BCUT2D eigenvalue weighted by atomic mass is 32.2. The molecule has 0 saturated carbocycles. The first-order valence-corrected chi connectivity index (χ1v) is 9.86. The quantitative estimate of drug-likeness (QED) is 0.866. The number of anilines is 3. The van der Waals surface area contributed by atoms with Crippen LogP contribution in [0.3, 0.4) is 0 Å². The molecule has 1 amide bonds. The van der Waals surface area contributed by atoms with Gasteiger partial charge in [0.15, 0.2) is 0 Å². The van der Waals surface area contributed by atoms with Gasteiger partial charge in [0, 0.05) is 19.3 Å². The van der Waals surface area contributed by atoms with Crippen LogP contribution in [0.4, 0.5) is 16.4 Å². The molecule has 7 nitrogen and oxygen atoms in total. The molecule has 0 atom stereocenters. The van der Waals surface area contributed by atoms with Gasteiger partial charge in [-0.15, -0.1) is 0 Å². The molecule has 3 rings (SSSR count).